The Hall–Kier alpha value is -2.39. The number of aliphatic hydroxyl groups is 1. The number of fused-ring (bicyclic) bond motifs is 1. The Morgan fingerprint density at radius 3 is 2.52 bits per heavy atom. The van der Waals surface area contributed by atoms with Crippen LogP contribution < -0.4 is 5.32 Å². The number of aliphatic hydroxyl groups excluding tert-OH is 1. The van der Waals surface area contributed by atoms with Crippen LogP contribution in [0.1, 0.15) is 6.92 Å². The van der Waals surface area contributed by atoms with Crippen LogP contribution in [0.15, 0.2) is 60.7 Å². The van der Waals surface area contributed by atoms with E-state index in [0.717, 1.165) is 27.8 Å². The molecule has 0 bridgehead atoms. The van der Waals surface area contributed by atoms with Crippen LogP contribution in [0.5, 0.6) is 0 Å². The molecule has 0 saturated carbocycles. The van der Waals surface area contributed by atoms with Gasteiger partial charge in [-0.25, -0.2) is 4.98 Å². The Morgan fingerprint density at radius 2 is 1.76 bits per heavy atom. The summed E-state index contributed by atoms with van der Waals surface area (Å²) in [5, 5.41) is 13.7. The molecule has 3 rings (SSSR count). The van der Waals surface area contributed by atoms with Crippen molar-refractivity contribution in [3.05, 3.63) is 60.7 Å². The maximum absolute atomic E-state index is 9.42. The first-order chi connectivity index (χ1) is 10.2. The molecule has 2 aromatic carbocycles. The molecule has 106 valence electrons. The first-order valence-electron chi connectivity index (χ1n) is 7.11. The molecule has 0 aliphatic heterocycles. The van der Waals surface area contributed by atoms with Crippen LogP contribution in [0, 0.1) is 0 Å². The van der Waals surface area contributed by atoms with Crippen LogP contribution in [-0.4, -0.2) is 22.7 Å². The zero-order valence-electron chi connectivity index (χ0n) is 12.0. The highest BCUT2D eigenvalue weighted by Crippen LogP contribution is 2.29. The summed E-state index contributed by atoms with van der Waals surface area (Å²) in [4.78, 5) is 4.61. The number of pyridine rings is 1. The molecule has 0 radical (unpaired) electrons. The fraction of sp³-hybridized carbons (Fsp3) is 0.167. The predicted octanol–water partition coefficient (Wildman–Crippen LogP) is 3.69. The molecule has 0 amide bonds. The summed E-state index contributed by atoms with van der Waals surface area (Å²) in [6, 6.07) is 20.4. The maximum atomic E-state index is 9.42. The van der Waals surface area contributed by atoms with E-state index in [0.29, 0.717) is 6.54 Å². The van der Waals surface area contributed by atoms with Gasteiger partial charge in [0.1, 0.15) is 5.82 Å². The SMILES string of the molecule is C[C@@H](O)CNc1cc(-c2ccccc2)c2ccccc2n1. The second kappa shape index (κ2) is 5.94. The van der Waals surface area contributed by atoms with Gasteiger partial charge in [-0.1, -0.05) is 48.5 Å². The first kappa shape index (κ1) is 13.6. The molecule has 0 aliphatic rings. The fourth-order valence-electron chi connectivity index (χ4n) is 2.37. The Bertz CT molecular complexity index is 739. The third-order valence-corrected chi connectivity index (χ3v) is 3.38. The van der Waals surface area contributed by atoms with Gasteiger partial charge in [0, 0.05) is 11.9 Å². The van der Waals surface area contributed by atoms with Crippen molar-refractivity contribution in [1.82, 2.24) is 4.98 Å². The summed E-state index contributed by atoms with van der Waals surface area (Å²) in [6.07, 6.45) is -0.404. The monoisotopic (exact) mass is 278 g/mol. The van der Waals surface area contributed by atoms with Crippen molar-refractivity contribution in [3.63, 3.8) is 0 Å². The van der Waals surface area contributed by atoms with E-state index in [4.69, 9.17) is 0 Å². The van der Waals surface area contributed by atoms with Crippen LogP contribution in [0.4, 0.5) is 5.82 Å². The van der Waals surface area contributed by atoms with E-state index in [2.05, 4.69) is 28.5 Å². The zero-order chi connectivity index (χ0) is 14.7. The molecule has 0 fully saturated rings. The summed E-state index contributed by atoms with van der Waals surface area (Å²) in [5.74, 6) is 0.786. The topological polar surface area (TPSA) is 45.1 Å². The van der Waals surface area contributed by atoms with Crippen molar-refractivity contribution in [2.75, 3.05) is 11.9 Å². The highest BCUT2D eigenvalue weighted by Gasteiger charge is 2.07. The lowest BCUT2D eigenvalue weighted by atomic mass is 10.0. The molecular weight excluding hydrogens is 260 g/mol. The van der Waals surface area contributed by atoms with Crippen molar-refractivity contribution < 1.29 is 5.11 Å². The third-order valence-electron chi connectivity index (χ3n) is 3.38. The van der Waals surface area contributed by atoms with Crippen LogP contribution in [0.25, 0.3) is 22.0 Å². The molecule has 3 nitrogen and oxygen atoms in total. The van der Waals surface area contributed by atoms with Crippen LogP contribution >= 0.6 is 0 Å². The van der Waals surface area contributed by atoms with Crippen molar-refractivity contribution in [3.8, 4) is 11.1 Å². The van der Waals surface area contributed by atoms with E-state index < -0.39 is 6.10 Å². The number of anilines is 1. The lowest BCUT2D eigenvalue weighted by Gasteiger charge is -2.12. The van der Waals surface area contributed by atoms with Gasteiger partial charge in [0.15, 0.2) is 0 Å². The molecule has 0 unspecified atom stereocenters. The molecule has 2 N–H and O–H groups in total. The van der Waals surface area contributed by atoms with Crippen LogP contribution in [0.2, 0.25) is 0 Å². The van der Waals surface area contributed by atoms with Crippen molar-refractivity contribution in [2.45, 2.75) is 13.0 Å². The van der Waals surface area contributed by atoms with Gasteiger partial charge in [0.25, 0.3) is 0 Å². The largest absolute Gasteiger partial charge is 0.392 e. The van der Waals surface area contributed by atoms with Crippen molar-refractivity contribution in [2.24, 2.45) is 0 Å². The van der Waals surface area contributed by atoms with E-state index >= 15 is 0 Å². The minimum absolute atomic E-state index is 0.404. The third kappa shape index (κ3) is 3.03. The minimum Gasteiger partial charge on any atom is -0.392 e. The number of nitrogens with one attached hydrogen (secondary N) is 1. The van der Waals surface area contributed by atoms with Gasteiger partial charge in [0.2, 0.25) is 0 Å². The van der Waals surface area contributed by atoms with E-state index in [1.54, 1.807) is 6.92 Å². The molecule has 0 saturated heterocycles. The quantitative estimate of drug-likeness (QED) is 0.765. The molecule has 1 aromatic heterocycles. The lowest BCUT2D eigenvalue weighted by molar-refractivity contribution is 0.208. The maximum Gasteiger partial charge on any atom is 0.127 e. The number of aromatic nitrogens is 1. The van der Waals surface area contributed by atoms with Gasteiger partial charge in [0.05, 0.1) is 11.6 Å². The van der Waals surface area contributed by atoms with E-state index in [-0.39, 0.29) is 0 Å². The Labute approximate surface area is 124 Å². The summed E-state index contributed by atoms with van der Waals surface area (Å²) in [5.41, 5.74) is 3.26. The summed E-state index contributed by atoms with van der Waals surface area (Å²) in [7, 11) is 0. The molecule has 1 atom stereocenters. The highest BCUT2D eigenvalue weighted by atomic mass is 16.3. The molecule has 0 spiro atoms. The van der Waals surface area contributed by atoms with E-state index in [9.17, 15) is 5.11 Å². The first-order valence-corrected chi connectivity index (χ1v) is 7.11. The normalized spacial score (nSPS) is 12.3. The van der Waals surface area contributed by atoms with Crippen molar-refractivity contribution in [1.29, 1.82) is 0 Å². The van der Waals surface area contributed by atoms with Crippen LogP contribution in [-0.2, 0) is 0 Å². The molecule has 3 aromatic rings. The number of para-hydroxylation sites is 1. The second-order valence-electron chi connectivity index (χ2n) is 5.17. The number of hydrogen-bond donors (Lipinski definition) is 2. The molecule has 3 heteroatoms. The Morgan fingerprint density at radius 1 is 1.05 bits per heavy atom. The number of hydrogen-bond acceptors (Lipinski definition) is 3. The molecule has 0 aliphatic carbocycles. The zero-order valence-corrected chi connectivity index (χ0v) is 12.0. The molecular formula is C18H18N2O. The van der Waals surface area contributed by atoms with Gasteiger partial charge in [-0.05, 0) is 30.2 Å². The summed E-state index contributed by atoms with van der Waals surface area (Å²) < 4.78 is 0. The summed E-state index contributed by atoms with van der Waals surface area (Å²) in [6.45, 7) is 2.24. The van der Waals surface area contributed by atoms with Gasteiger partial charge in [-0.2, -0.15) is 0 Å². The Kier molecular flexibility index (Phi) is 3.84. The average molecular weight is 278 g/mol. The molecule has 21 heavy (non-hydrogen) atoms. The van der Waals surface area contributed by atoms with Gasteiger partial charge in [-0.3, -0.25) is 0 Å². The van der Waals surface area contributed by atoms with E-state index in [1.165, 1.54) is 0 Å². The predicted molar refractivity (Wildman–Crippen MR) is 87.3 cm³/mol. The minimum atomic E-state index is -0.404. The summed E-state index contributed by atoms with van der Waals surface area (Å²) >= 11 is 0. The van der Waals surface area contributed by atoms with Gasteiger partial charge < -0.3 is 10.4 Å². The molecule has 1 heterocycles. The number of nitrogens with zero attached hydrogens (tertiary/aromatic N) is 1. The number of benzene rings is 2. The van der Waals surface area contributed by atoms with Crippen molar-refractivity contribution >= 4 is 16.7 Å². The highest BCUT2D eigenvalue weighted by molar-refractivity contribution is 5.96. The van der Waals surface area contributed by atoms with Crippen LogP contribution in [0.3, 0.4) is 0 Å². The smallest absolute Gasteiger partial charge is 0.127 e. The Balaban J connectivity index is 2.12. The fourth-order valence-corrected chi connectivity index (χ4v) is 2.37. The van der Waals surface area contributed by atoms with Gasteiger partial charge in [-0.15, -0.1) is 0 Å². The lowest BCUT2D eigenvalue weighted by Crippen LogP contribution is -2.16. The number of rotatable bonds is 4. The van der Waals surface area contributed by atoms with E-state index in [1.807, 2.05) is 42.5 Å². The standard InChI is InChI=1S/C18H18N2O/c1-13(21)12-19-18-11-16(14-7-3-2-4-8-14)15-9-5-6-10-17(15)20-18/h2-11,13,21H,12H2,1H3,(H,19,20)/t13-/m1/s1. The average Bonchev–Trinajstić information content (AvgIpc) is 2.53. The second-order valence-corrected chi connectivity index (χ2v) is 5.17. The van der Waals surface area contributed by atoms with Gasteiger partial charge >= 0.3 is 0 Å².